The van der Waals surface area contributed by atoms with Crippen molar-refractivity contribution in [3.05, 3.63) is 35.9 Å². The van der Waals surface area contributed by atoms with Gasteiger partial charge in [0, 0.05) is 12.6 Å². The average molecular weight is 393 g/mol. The number of hydrogen-bond donors (Lipinski definition) is 1. The molecule has 0 aliphatic heterocycles. The van der Waals surface area contributed by atoms with Crippen molar-refractivity contribution in [3.63, 3.8) is 0 Å². The highest BCUT2D eigenvalue weighted by Gasteiger charge is 2.21. The van der Waals surface area contributed by atoms with Crippen molar-refractivity contribution in [1.29, 1.82) is 0 Å². The molecule has 0 saturated heterocycles. The molecule has 6 nitrogen and oxygen atoms in total. The average Bonchev–Trinajstić information content (AvgIpc) is 3.31. The first-order chi connectivity index (χ1) is 13.1. The van der Waals surface area contributed by atoms with Gasteiger partial charge in [-0.1, -0.05) is 24.6 Å². The van der Waals surface area contributed by atoms with Crippen molar-refractivity contribution in [3.8, 4) is 5.75 Å². The minimum atomic E-state index is -0.343. The second-order valence-electron chi connectivity index (χ2n) is 6.64. The van der Waals surface area contributed by atoms with Crippen LogP contribution in [0.4, 0.5) is 4.39 Å². The number of rotatable bonds is 8. The van der Waals surface area contributed by atoms with Crippen LogP contribution < -0.4 is 10.1 Å². The quantitative estimate of drug-likeness (QED) is 0.693. The number of nitrogens with zero attached hydrogens (tertiary/aromatic N) is 3. The Morgan fingerprint density at radius 3 is 2.70 bits per heavy atom. The number of amides is 1. The number of thioether (sulfide) groups is 1. The Morgan fingerprint density at radius 1 is 1.33 bits per heavy atom. The molecule has 1 atom stereocenters. The molecule has 0 spiro atoms. The van der Waals surface area contributed by atoms with E-state index in [0.717, 1.165) is 12.8 Å². The number of ether oxygens (including phenoxy) is 1. The fourth-order valence-corrected chi connectivity index (χ4v) is 4.06. The van der Waals surface area contributed by atoms with Gasteiger partial charge < -0.3 is 14.6 Å². The van der Waals surface area contributed by atoms with Crippen molar-refractivity contribution in [1.82, 2.24) is 20.1 Å². The molecule has 0 bridgehead atoms. The predicted octanol–water partition coefficient (Wildman–Crippen LogP) is 3.73. The molecule has 1 amide bonds. The van der Waals surface area contributed by atoms with Crippen LogP contribution in [0.3, 0.4) is 0 Å². The fourth-order valence-electron chi connectivity index (χ4n) is 3.24. The summed E-state index contributed by atoms with van der Waals surface area (Å²) < 4.78 is 20.8. The zero-order chi connectivity index (χ0) is 19.2. The molecule has 1 aromatic heterocycles. The first-order valence-corrected chi connectivity index (χ1v) is 10.3. The lowest BCUT2D eigenvalue weighted by Gasteiger charge is -2.15. The highest BCUT2D eigenvalue weighted by molar-refractivity contribution is 7.99. The Hall–Kier alpha value is -2.09. The third kappa shape index (κ3) is 5.22. The Bertz CT molecular complexity index is 760. The summed E-state index contributed by atoms with van der Waals surface area (Å²) in [7, 11) is 0. The second kappa shape index (κ2) is 9.21. The van der Waals surface area contributed by atoms with E-state index in [9.17, 15) is 9.18 Å². The monoisotopic (exact) mass is 392 g/mol. The first-order valence-electron chi connectivity index (χ1n) is 9.34. The summed E-state index contributed by atoms with van der Waals surface area (Å²) in [6.45, 7) is 4.55. The SMILES string of the molecule is CCn1c(SCC(=O)NC2CCCC2)nnc1C(C)Oc1ccc(F)cc1. The standard InChI is InChI=1S/C19H25FN4O2S/c1-3-24-18(13(2)26-16-10-8-14(20)9-11-16)22-23-19(24)27-12-17(25)21-15-6-4-5-7-15/h8-11,13,15H,3-7,12H2,1-2H3,(H,21,25). The van der Waals surface area contributed by atoms with Crippen LogP contribution in [0.2, 0.25) is 0 Å². The molecule has 1 saturated carbocycles. The Labute approximate surface area is 162 Å². The summed E-state index contributed by atoms with van der Waals surface area (Å²) in [6.07, 6.45) is 4.19. The summed E-state index contributed by atoms with van der Waals surface area (Å²) in [5.41, 5.74) is 0. The molecule has 146 valence electrons. The molecular formula is C19H25FN4O2S. The number of carbonyl (C=O) groups excluding carboxylic acids is 1. The van der Waals surface area contributed by atoms with Gasteiger partial charge in [0.05, 0.1) is 5.75 Å². The van der Waals surface area contributed by atoms with Gasteiger partial charge in [-0.2, -0.15) is 0 Å². The van der Waals surface area contributed by atoms with E-state index in [1.807, 2.05) is 18.4 Å². The molecule has 8 heteroatoms. The molecule has 1 heterocycles. The minimum Gasteiger partial charge on any atom is -0.483 e. The smallest absolute Gasteiger partial charge is 0.230 e. The van der Waals surface area contributed by atoms with Crippen LogP contribution in [0.25, 0.3) is 0 Å². The summed E-state index contributed by atoms with van der Waals surface area (Å²) in [5, 5.41) is 12.2. The van der Waals surface area contributed by atoms with Crippen LogP contribution in [-0.2, 0) is 11.3 Å². The van der Waals surface area contributed by atoms with E-state index >= 15 is 0 Å². The van der Waals surface area contributed by atoms with Gasteiger partial charge in [0.25, 0.3) is 0 Å². The van der Waals surface area contributed by atoms with Crippen LogP contribution in [0.1, 0.15) is 51.5 Å². The van der Waals surface area contributed by atoms with Crippen LogP contribution >= 0.6 is 11.8 Å². The van der Waals surface area contributed by atoms with Gasteiger partial charge in [0.2, 0.25) is 5.91 Å². The van der Waals surface area contributed by atoms with Gasteiger partial charge >= 0.3 is 0 Å². The van der Waals surface area contributed by atoms with Crippen LogP contribution in [0.15, 0.2) is 29.4 Å². The lowest BCUT2D eigenvalue weighted by Crippen LogP contribution is -2.33. The Kier molecular flexibility index (Phi) is 6.71. The molecule has 1 aliphatic rings. The van der Waals surface area contributed by atoms with E-state index < -0.39 is 0 Å². The molecule has 1 fully saturated rings. The largest absolute Gasteiger partial charge is 0.483 e. The Morgan fingerprint density at radius 2 is 2.04 bits per heavy atom. The second-order valence-corrected chi connectivity index (χ2v) is 7.58. The number of halogens is 1. The third-order valence-electron chi connectivity index (χ3n) is 4.60. The first kappa shape index (κ1) is 19.7. The number of hydrogen-bond acceptors (Lipinski definition) is 5. The van der Waals surface area contributed by atoms with E-state index in [0.29, 0.717) is 35.1 Å². The topological polar surface area (TPSA) is 69.0 Å². The van der Waals surface area contributed by atoms with Gasteiger partial charge in [-0.25, -0.2) is 4.39 Å². The van der Waals surface area contributed by atoms with Gasteiger partial charge in [0.15, 0.2) is 17.1 Å². The van der Waals surface area contributed by atoms with E-state index in [1.54, 1.807) is 12.1 Å². The predicted molar refractivity (Wildman–Crippen MR) is 102 cm³/mol. The zero-order valence-electron chi connectivity index (χ0n) is 15.7. The van der Waals surface area contributed by atoms with Gasteiger partial charge in [-0.15, -0.1) is 10.2 Å². The minimum absolute atomic E-state index is 0.0368. The summed E-state index contributed by atoms with van der Waals surface area (Å²) >= 11 is 1.38. The van der Waals surface area contributed by atoms with E-state index in [1.165, 1.54) is 36.7 Å². The molecule has 1 aromatic carbocycles. The maximum atomic E-state index is 13.0. The fraction of sp³-hybridized carbons (Fsp3) is 0.526. The lowest BCUT2D eigenvalue weighted by molar-refractivity contribution is -0.119. The van der Waals surface area contributed by atoms with E-state index in [2.05, 4.69) is 15.5 Å². The number of aromatic nitrogens is 3. The van der Waals surface area contributed by atoms with Gasteiger partial charge in [0.1, 0.15) is 11.6 Å². The van der Waals surface area contributed by atoms with Crippen molar-refractivity contribution in [2.24, 2.45) is 0 Å². The molecule has 1 unspecified atom stereocenters. The van der Waals surface area contributed by atoms with Crippen molar-refractivity contribution < 1.29 is 13.9 Å². The number of benzene rings is 1. The normalized spacial score (nSPS) is 15.7. The Balaban J connectivity index is 1.59. The number of nitrogens with one attached hydrogen (secondary N) is 1. The van der Waals surface area contributed by atoms with Crippen molar-refractivity contribution in [2.45, 2.75) is 63.4 Å². The molecular weight excluding hydrogens is 367 g/mol. The maximum absolute atomic E-state index is 13.0. The summed E-state index contributed by atoms with van der Waals surface area (Å²) in [5.74, 6) is 1.30. The van der Waals surface area contributed by atoms with E-state index in [4.69, 9.17) is 4.74 Å². The summed E-state index contributed by atoms with van der Waals surface area (Å²) in [6, 6.07) is 6.21. The molecule has 3 rings (SSSR count). The van der Waals surface area contributed by atoms with E-state index in [-0.39, 0.29) is 17.8 Å². The summed E-state index contributed by atoms with van der Waals surface area (Å²) in [4.78, 5) is 12.1. The number of carbonyl (C=O) groups is 1. The molecule has 1 aliphatic carbocycles. The lowest BCUT2D eigenvalue weighted by atomic mass is 10.2. The molecule has 1 N–H and O–H groups in total. The molecule has 2 aromatic rings. The molecule has 27 heavy (non-hydrogen) atoms. The maximum Gasteiger partial charge on any atom is 0.230 e. The van der Waals surface area contributed by atoms with Crippen LogP contribution in [0.5, 0.6) is 5.75 Å². The van der Waals surface area contributed by atoms with Gasteiger partial charge in [-0.05, 0) is 51.0 Å². The van der Waals surface area contributed by atoms with Crippen LogP contribution in [0, 0.1) is 5.82 Å². The van der Waals surface area contributed by atoms with Gasteiger partial charge in [-0.3, -0.25) is 4.79 Å². The zero-order valence-corrected chi connectivity index (χ0v) is 16.5. The van der Waals surface area contributed by atoms with Crippen molar-refractivity contribution in [2.75, 3.05) is 5.75 Å². The molecule has 0 radical (unpaired) electrons. The van der Waals surface area contributed by atoms with Crippen molar-refractivity contribution >= 4 is 17.7 Å². The third-order valence-corrected chi connectivity index (χ3v) is 5.57. The van der Waals surface area contributed by atoms with Crippen LogP contribution in [-0.4, -0.2) is 32.5 Å². The highest BCUT2D eigenvalue weighted by Crippen LogP contribution is 2.25. The highest BCUT2D eigenvalue weighted by atomic mass is 32.2.